The summed E-state index contributed by atoms with van der Waals surface area (Å²) in [4.78, 5) is 22.4. The highest BCUT2D eigenvalue weighted by Gasteiger charge is 2.25. The summed E-state index contributed by atoms with van der Waals surface area (Å²) < 4.78 is 33.1. The van der Waals surface area contributed by atoms with Gasteiger partial charge in [-0.05, 0) is 96.0 Å². The molecule has 54 heavy (non-hydrogen) atoms. The molecule has 0 bridgehead atoms. The van der Waals surface area contributed by atoms with E-state index in [2.05, 4.69) is 74.6 Å². The van der Waals surface area contributed by atoms with Crippen LogP contribution >= 0.6 is 7.82 Å². The fourth-order valence-corrected chi connectivity index (χ4v) is 6.23. The molecule has 0 radical (unpaired) electrons. The average molecular weight is 778 g/mol. The number of carbonyl (C=O) groups excluding carboxylic acids is 1. The lowest BCUT2D eigenvalue weighted by atomic mass is 10.1. The van der Waals surface area contributed by atoms with Crippen molar-refractivity contribution in [3.63, 3.8) is 0 Å². The van der Waals surface area contributed by atoms with E-state index in [0.717, 1.165) is 57.8 Å². The molecule has 3 N–H and O–H groups in total. The largest absolute Gasteiger partial charge is 0.498 e. The van der Waals surface area contributed by atoms with Crippen LogP contribution in [0.5, 0.6) is 0 Å². The van der Waals surface area contributed by atoms with Gasteiger partial charge in [0.15, 0.2) is 6.10 Å². The first-order valence-electron chi connectivity index (χ1n) is 21.5. The maximum atomic E-state index is 12.6. The molecular formula is C45H80NO7P. The summed E-state index contributed by atoms with van der Waals surface area (Å²) in [7, 11) is -4.31. The Morgan fingerprint density at radius 1 is 0.574 bits per heavy atom. The molecular weight excluding hydrogens is 697 g/mol. The number of phosphoric acid groups is 1. The summed E-state index contributed by atoms with van der Waals surface area (Å²) >= 11 is 0. The van der Waals surface area contributed by atoms with Gasteiger partial charge < -0.3 is 20.1 Å². The smallest absolute Gasteiger partial charge is 0.472 e. The van der Waals surface area contributed by atoms with E-state index in [0.29, 0.717) is 6.42 Å². The van der Waals surface area contributed by atoms with Crippen LogP contribution < -0.4 is 5.73 Å². The molecule has 0 amide bonds. The Bertz CT molecular complexity index is 1050. The first-order chi connectivity index (χ1) is 26.4. The monoisotopic (exact) mass is 778 g/mol. The predicted molar refractivity (Wildman–Crippen MR) is 228 cm³/mol. The molecule has 0 saturated heterocycles. The number of allylic oxidation sites excluding steroid dienone is 11. The molecule has 2 atom stereocenters. The number of hydrogen-bond donors (Lipinski definition) is 2. The molecule has 1 unspecified atom stereocenters. The zero-order chi connectivity index (χ0) is 39.5. The van der Waals surface area contributed by atoms with Gasteiger partial charge >= 0.3 is 13.8 Å². The van der Waals surface area contributed by atoms with Gasteiger partial charge in [0.1, 0.15) is 6.61 Å². The molecule has 8 nitrogen and oxygen atoms in total. The molecule has 0 fully saturated rings. The van der Waals surface area contributed by atoms with Crippen LogP contribution in [0.2, 0.25) is 0 Å². The molecule has 312 valence electrons. The van der Waals surface area contributed by atoms with Crippen molar-refractivity contribution < 1.29 is 32.8 Å². The first kappa shape index (κ1) is 51.8. The number of ether oxygens (including phenoxy) is 2. The van der Waals surface area contributed by atoms with Gasteiger partial charge in [-0.1, -0.05) is 139 Å². The fourth-order valence-electron chi connectivity index (χ4n) is 5.47. The van der Waals surface area contributed by atoms with Crippen LogP contribution in [-0.2, 0) is 27.9 Å². The molecule has 0 spiro atoms. The Kier molecular flexibility index (Phi) is 40.2. The third-order valence-electron chi connectivity index (χ3n) is 8.66. The fraction of sp³-hybridized carbons (Fsp3) is 0.711. The van der Waals surface area contributed by atoms with E-state index in [-0.39, 0.29) is 38.8 Å². The number of rotatable bonds is 40. The summed E-state index contributed by atoms with van der Waals surface area (Å²) in [6, 6.07) is 0. The van der Waals surface area contributed by atoms with Crippen LogP contribution in [0.4, 0.5) is 0 Å². The molecule has 0 saturated carbocycles. The molecule has 0 aliphatic carbocycles. The molecule has 0 aliphatic heterocycles. The van der Waals surface area contributed by atoms with Gasteiger partial charge in [0.25, 0.3) is 0 Å². The van der Waals surface area contributed by atoms with Crippen molar-refractivity contribution in [1.29, 1.82) is 0 Å². The third-order valence-corrected chi connectivity index (χ3v) is 9.64. The summed E-state index contributed by atoms with van der Waals surface area (Å²) in [6.45, 7) is 4.14. The average Bonchev–Trinajstić information content (AvgIpc) is 3.16. The van der Waals surface area contributed by atoms with Gasteiger partial charge in [-0.25, -0.2) is 4.57 Å². The van der Waals surface area contributed by atoms with Crippen molar-refractivity contribution in [1.82, 2.24) is 0 Å². The van der Waals surface area contributed by atoms with Crippen molar-refractivity contribution >= 4 is 13.8 Å². The molecule has 0 heterocycles. The number of unbranched alkanes of at least 4 members (excludes halogenated alkanes) is 17. The third kappa shape index (κ3) is 41.0. The molecule has 0 aliphatic rings. The summed E-state index contributed by atoms with van der Waals surface area (Å²) in [5.41, 5.74) is 5.36. The first-order valence-corrected chi connectivity index (χ1v) is 23.0. The van der Waals surface area contributed by atoms with Gasteiger partial charge in [0.2, 0.25) is 0 Å². The van der Waals surface area contributed by atoms with E-state index < -0.39 is 13.9 Å². The quantitative estimate of drug-likeness (QED) is 0.0208. The summed E-state index contributed by atoms with van der Waals surface area (Å²) in [5.74, 6) is -0.387. The number of esters is 1. The highest BCUT2D eigenvalue weighted by molar-refractivity contribution is 7.47. The Labute approximate surface area is 331 Å². The van der Waals surface area contributed by atoms with Gasteiger partial charge in [-0.3, -0.25) is 13.8 Å². The summed E-state index contributed by atoms with van der Waals surface area (Å²) in [6.07, 6.45) is 52.9. The van der Waals surface area contributed by atoms with Gasteiger partial charge in [0.05, 0.1) is 19.5 Å². The van der Waals surface area contributed by atoms with E-state index in [1.807, 2.05) is 6.08 Å². The van der Waals surface area contributed by atoms with Gasteiger partial charge in [-0.15, -0.1) is 0 Å². The van der Waals surface area contributed by atoms with Crippen LogP contribution in [0.3, 0.4) is 0 Å². The van der Waals surface area contributed by atoms with Crippen LogP contribution in [0.1, 0.15) is 174 Å². The lowest BCUT2D eigenvalue weighted by Gasteiger charge is -2.19. The second kappa shape index (κ2) is 41.9. The van der Waals surface area contributed by atoms with E-state index in [1.165, 1.54) is 89.9 Å². The Morgan fingerprint density at radius 3 is 1.54 bits per heavy atom. The molecule has 0 rings (SSSR count). The van der Waals surface area contributed by atoms with Crippen LogP contribution in [0.15, 0.2) is 73.1 Å². The minimum absolute atomic E-state index is 0.0102. The molecule has 9 heteroatoms. The maximum Gasteiger partial charge on any atom is 0.472 e. The second-order valence-corrected chi connectivity index (χ2v) is 15.4. The van der Waals surface area contributed by atoms with E-state index in [9.17, 15) is 14.3 Å². The van der Waals surface area contributed by atoms with E-state index in [4.69, 9.17) is 24.3 Å². The van der Waals surface area contributed by atoms with Crippen molar-refractivity contribution in [3.8, 4) is 0 Å². The van der Waals surface area contributed by atoms with Crippen molar-refractivity contribution in [3.05, 3.63) is 73.1 Å². The second-order valence-electron chi connectivity index (χ2n) is 13.9. The zero-order valence-electron chi connectivity index (χ0n) is 34.4. The highest BCUT2D eigenvalue weighted by atomic mass is 31.2. The van der Waals surface area contributed by atoms with E-state index >= 15 is 0 Å². The van der Waals surface area contributed by atoms with Crippen LogP contribution in [0, 0.1) is 0 Å². The van der Waals surface area contributed by atoms with Crippen LogP contribution in [-0.4, -0.2) is 43.3 Å². The van der Waals surface area contributed by atoms with Crippen molar-refractivity contribution in [2.24, 2.45) is 5.73 Å². The standard InChI is InChI=1S/C45H80NO7P/c1-3-5-7-9-11-13-15-17-19-21-22-23-24-26-28-30-32-34-36-38-45(47)53-44(43-52-54(48,49)51-41-39-46)42-50-40-37-35-33-31-29-27-25-20-18-16-14-12-10-8-6-4-2/h11,13,17-20,22-23,26,28,37,40,44H,3-10,12,14-16,21,24-25,27,29-36,38-39,41-43,46H2,1-2H3,(H,48,49)/t44-/m1/s1. The number of carbonyl (C=O) groups is 1. The topological polar surface area (TPSA) is 117 Å². The maximum absolute atomic E-state index is 12.6. The normalized spacial score (nSPS) is 14.1. The van der Waals surface area contributed by atoms with Gasteiger partial charge in [-0.2, -0.15) is 0 Å². The molecule has 0 aromatic carbocycles. The minimum Gasteiger partial charge on any atom is -0.498 e. The predicted octanol–water partition coefficient (Wildman–Crippen LogP) is 13.1. The van der Waals surface area contributed by atoms with Gasteiger partial charge in [0, 0.05) is 13.0 Å². The Morgan fingerprint density at radius 2 is 1.00 bits per heavy atom. The zero-order valence-corrected chi connectivity index (χ0v) is 35.3. The Balaban J connectivity index is 4.20. The SMILES string of the molecule is CCCCCC=CCC=CCC=CCC=CCCCCCC(=O)O[C@H](COC=CCCCCCCC=CCCCCCCCC)COP(=O)(O)OCCN. The highest BCUT2D eigenvalue weighted by Crippen LogP contribution is 2.43. The van der Waals surface area contributed by atoms with Crippen molar-refractivity contribution in [2.45, 2.75) is 180 Å². The number of phosphoric ester groups is 1. The molecule has 0 aromatic heterocycles. The summed E-state index contributed by atoms with van der Waals surface area (Å²) in [5, 5.41) is 0. The van der Waals surface area contributed by atoms with Crippen molar-refractivity contribution in [2.75, 3.05) is 26.4 Å². The minimum atomic E-state index is -4.31. The Hall–Kier alpha value is -2.22. The number of hydrogen-bond acceptors (Lipinski definition) is 7. The molecule has 0 aromatic rings. The lowest BCUT2D eigenvalue weighted by Crippen LogP contribution is -2.27. The lowest BCUT2D eigenvalue weighted by molar-refractivity contribution is -0.153. The van der Waals surface area contributed by atoms with Crippen LogP contribution in [0.25, 0.3) is 0 Å². The number of nitrogens with two attached hydrogens (primary N) is 1. The van der Waals surface area contributed by atoms with E-state index in [1.54, 1.807) is 6.26 Å².